The van der Waals surface area contributed by atoms with Gasteiger partial charge in [-0.3, -0.25) is 19.8 Å². The SMILES string of the molecule is Cc1cccnc1CN1CC2(C[C@@H](COCc3ccncc3)CN2C)C1. The Hall–Kier alpha value is -1.82. The summed E-state index contributed by atoms with van der Waals surface area (Å²) < 4.78 is 5.97. The van der Waals surface area contributed by atoms with Gasteiger partial charge in [0.1, 0.15) is 0 Å². The van der Waals surface area contributed by atoms with Crippen LogP contribution in [0.25, 0.3) is 0 Å². The van der Waals surface area contributed by atoms with Crippen molar-refractivity contribution in [2.45, 2.75) is 32.0 Å². The molecule has 5 nitrogen and oxygen atoms in total. The van der Waals surface area contributed by atoms with Gasteiger partial charge in [-0.25, -0.2) is 0 Å². The Morgan fingerprint density at radius 2 is 2.00 bits per heavy atom. The van der Waals surface area contributed by atoms with E-state index in [0.717, 1.165) is 32.8 Å². The number of rotatable bonds is 6. The van der Waals surface area contributed by atoms with Gasteiger partial charge in [-0.15, -0.1) is 0 Å². The minimum absolute atomic E-state index is 0.341. The molecule has 2 aliphatic heterocycles. The fourth-order valence-electron chi connectivity index (χ4n) is 4.44. The fourth-order valence-corrected chi connectivity index (χ4v) is 4.44. The van der Waals surface area contributed by atoms with Crippen molar-refractivity contribution in [3.63, 3.8) is 0 Å². The number of likely N-dealkylation sites (N-methyl/N-ethyl adjacent to an activating group) is 1. The lowest BCUT2D eigenvalue weighted by Crippen LogP contribution is -2.66. The van der Waals surface area contributed by atoms with E-state index in [1.807, 2.05) is 36.8 Å². The first kappa shape index (κ1) is 17.6. The minimum Gasteiger partial charge on any atom is -0.376 e. The van der Waals surface area contributed by atoms with Gasteiger partial charge in [-0.1, -0.05) is 6.07 Å². The lowest BCUT2D eigenvalue weighted by Gasteiger charge is -2.52. The molecule has 5 heteroatoms. The Bertz CT molecular complexity index is 730. The van der Waals surface area contributed by atoms with Crippen LogP contribution < -0.4 is 0 Å². The van der Waals surface area contributed by atoms with Crippen molar-refractivity contribution in [1.82, 2.24) is 19.8 Å². The second-order valence-corrected chi connectivity index (χ2v) is 7.96. The van der Waals surface area contributed by atoms with Gasteiger partial charge < -0.3 is 4.74 Å². The van der Waals surface area contributed by atoms with E-state index in [0.29, 0.717) is 18.1 Å². The number of aromatic nitrogens is 2. The summed E-state index contributed by atoms with van der Waals surface area (Å²) in [5, 5.41) is 0. The van der Waals surface area contributed by atoms with Crippen LogP contribution in [-0.4, -0.2) is 58.6 Å². The first-order valence-corrected chi connectivity index (χ1v) is 9.45. The maximum absolute atomic E-state index is 5.97. The number of hydrogen-bond acceptors (Lipinski definition) is 5. The van der Waals surface area contributed by atoms with Gasteiger partial charge in [0.2, 0.25) is 0 Å². The molecule has 2 fully saturated rings. The number of ether oxygens (including phenoxy) is 1. The van der Waals surface area contributed by atoms with E-state index in [2.05, 4.69) is 39.8 Å². The number of pyridine rings is 2. The summed E-state index contributed by atoms with van der Waals surface area (Å²) in [7, 11) is 2.27. The smallest absolute Gasteiger partial charge is 0.0718 e. The predicted molar refractivity (Wildman–Crippen MR) is 102 cm³/mol. The molecule has 0 aromatic carbocycles. The molecule has 138 valence electrons. The van der Waals surface area contributed by atoms with E-state index in [4.69, 9.17) is 4.74 Å². The molecular formula is C21H28N4O. The summed E-state index contributed by atoms with van der Waals surface area (Å²) in [6.45, 7) is 8.04. The number of hydrogen-bond donors (Lipinski definition) is 0. The predicted octanol–water partition coefficient (Wildman–Crippen LogP) is 2.51. The first-order valence-electron chi connectivity index (χ1n) is 9.45. The van der Waals surface area contributed by atoms with Crippen molar-refractivity contribution in [2.75, 3.05) is 33.3 Å². The summed E-state index contributed by atoms with van der Waals surface area (Å²) in [6.07, 6.45) is 6.78. The molecule has 2 saturated heterocycles. The molecule has 0 radical (unpaired) electrons. The van der Waals surface area contributed by atoms with Crippen LogP contribution in [0.3, 0.4) is 0 Å². The quantitative estimate of drug-likeness (QED) is 0.799. The third-order valence-corrected chi connectivity index (χ3v) is 5.91. The topological polar surface area (TPSA) is 41.5 Å². The minimum atomic E-state index is 0.341. The van der Waals surface area contributed by atoms with Crippen LogP contribution in [0, 0.1) is 12.8 Å². The maximum Gasteiger partial charge on any atom is 0.0718 e. The highest BCUT2D eigenvalue weighted by atomic mass is 16.5. The second kappa shape index (κ2) is 7.43. The summed E-state index contributed by atoms with van der Waals surface area (Å²) in [5.41, 5.74) is 4.03. The standard InChI is InChI=1S/C21H28N4O/c1-17-4-3-7-23-20(17)12-25-15-21(16-25)10-19(11-24(21)2)14-26-13-18-5-8-22-9-6-18/h3-9,19H,10-16H2,1-2H3/t19-/m1/s1. The van der Waals surface area contributed by atoms with Gasteiger partial charge in [0.05, 0.1) is 18.9 Å². The van der Waals surface area contributed by atoms with Crippen LogP contribution in [0.1, 0.15) is 23.2 Å². The van der Waals surface area contributed by atoms with E-state index in [1.54, 1.807) is 0 Å². The van der Waals surface area contributed by atoms with Crippen molar-refractivity contribution in [2.24, 2.45) is 5.92 Å². The van der Waals surface area contributed by atoms with Crippen molar-refractivity contribution < 1.29 is 4.74 Å². The van der Waals surface area contributed by atoms with E-state index in [-0.39, 0.29) is 0 Å². The van der Waals surface area contributed by atoms with Crippen molar-refractivity contribution >= 4 is 0 Å². The zero-order chi connectivity index (χ0) is 18.0. The Labute approximate surface area is 156 Å². The Kier molecular flexibility index (Phi) is 5.02. The van der Waals surface area contributed by atoms with Gasteiger partial charge in [0.15, 0.2) is 0 Å². The number of likely N-dealkylation sites (tertiary alicyclic amines) is 2. The summed E-state index contributed by atoms with van der Waals surface area (Å²) in [6, 6.07) is 8.20. The van der Waals surface area contributed by atoms with Gasteiger partial charge in [0, 0.05) is 50.3 Å². The molecule has 0 saturated carbocycles. The van der Waals surface area contributed by atoms with E-state index in [9.17, 15) is 0 Å². The zero-order valence-electron chi connectivity index (χ0n) is 15.8. The molecule has 26 heavy (non-hydrogen) atoms. The monoisotopic (exact) mass is 352 g/mol. The first-order chi connectivity index (χ1) is 12.6. The highest BCUT2D eigenvalue weighted by Gasteiger charge is 2.51. The van der Waals surface area contributed by atoms with Crippen LogP contribution in [0.15, 0.2) is 42.9 Å². The van der Waals surface area contributed by atoms with E-state index in [1.165, 1.54) is 23.2 Å². The number of nitrogens with zero attached hydrogens (tertiary/aromatic N) is 4. The molecule has 0 unspecified atom stereocenters. The third kappa shape index (κ3) is 3.65. The molecule has 1 spiro atoms. The van der Waals surface area contributed by atoms with Crippen molar-refractivity contribution in [1.29, 1.82) is 0 Å². The average molecular weight is 352 g/mol. The molecule has 0 amide bonds. The molecule has 0 N–H and O–H groups in total. The Morgan fingerprint density at radius 1 is 1.19 bits per heavy atom. The molecule has 1 atom stereocenters. The van der Waals surface area contributed by atoms with E-state index >= 15 is 0 Å². The third-order valence-electron chi connectivity index (χ3n) is 5.91. The molecule has 4 rings (SSSR count). The molecule has 4 heterocycles. The summed E-state index contributed by atoms with van der Waals surface area (Å²) >= 11 is 0. The van der Waals surface area contributed by atoms with E-state index < -0.39 is 0 Å². The van der Waals surface area contributed by atoms with Crippen molar-refractivity contribution in [3.05, 3.63) is 59.7 Å². The largest absolute Gasteiger partial charge is 0.376 e. The molecule has 0 aliphatic carbocycles. The normalized spacial score (nSPS) is 22.6. The summed E-state index contributed by atoms with van der Waals surface area (Å²) in [4.78, 5) is 13.7. The lowest BCUT2D eigenvalue weighted by atomic mass is 9.84. The van der Waals surface area contributed by atoms with Gasteiger partial charge in [0.25, 0.3) is 0 Å². The van der Waals surface area contributed by atoms with Crippen molar-refractivity contribution in [3.8, 4) is 0 Å². The maximum atomic E-state index is 5.97. The fraction of sp³-hybridized carbons (Fsp3) is 0.524. The van der Waals surface area contributed by atoms with Crippen LogP contribution >= 0.6 is 0 Å². The molecule has 0 bridgehead atoms. The highest BCUT2D eigenvalue weighted by molar-refractivity contribution is 5.19. The van der Waals surface area contributed by atoms with Crippen LogP contribution in [-0.2, 0) is 17.9 Å². The van der Waals surface area contributed by atoms with Gasteiger partial charge >= 0.3 is 0 Å². The Balaban J connectivity index is 1.25. The van der Waals surface area contributed by atoms with Gasteiger partial charge in [-0.05, 0) is 55.6 Å². The van der Waals surface area contributed by atoms with Crippen LogP contribution in [0.4, 0.5) is 0 Å². The molecule has 2 aliphatic rings. The molecule has 2 aromatic rings. The molecular weight excluding hydrogens is 324 g/mol. The summed E-state index contributed by atoms with van der Waals surface area (Å²) in [5.74, 6) is 0.626. The van der Waals surface area contributed by atoms with Crippen LogP contribution in [0.2, 0.25) is 0 Å². The average Bonchev–Trinajstić information content (AvgIpc) is 2.94. The highest BCUT2D eigenvalue weighted by Crippen LogP contribution is 2.40. The second-order valence-electron chi connectivity index (χ2n) is 7.96. The Morgan fingerprint density at radius 3 is 2.77 bits per heavy atom. The van der Waals surface area contributed by atoms with Crippen LogP contribution in [0.5, 0.6) is 0 Å². The zero-order valence-corrected chi connectivity index (χ0v) is 15.8. The molecule has 2 aromatic heterocycles. The van der Waals surface area contributed by atoms with Gasteiger partial charge in [-0.2, -0.15) is 0 Å². The number of aryl methyl sites for hydroxylation is 1. The lowest BCUT2D eigenvalue weighted by molar-refractivity contribution is -0.0234.